The van der Waals surface area contributed by atoms with Gasteiger partial charge in [0.15, 0.2) is 0 Å². The van der Waals surface area contributed by atoms with Crippen LogP contribution in [0.1, 0.15) is 26.3 Å². The van der Waals surface area contributed by atoms with Crippen molar-refractivity contribution in [3.05, 3.63) is 40.8 Å². The van der Waals surface area contributed by atoms with Crippen LogP contribution in [-0.4, -0.2) is 32.3 Å². The minimum absolute atomic E-state index is 0.223. The van der Waals surface area contributed by atoms with E-state index in [-0.39, 0.29) is 21.8 Å². The summed E-state index contributed by atoms with van der Waals surface area (Å²) in [6.07, 6.45) is 0.413. The van der Waals surface area contributed by atoms with Gasteiger partial charge in [-0.15, -0.1) is 0 Å². The van der Waals surface area contributed by atoms with Crippen LogP contribution >= 0.6 is 0 Å². The average Bonchev–Trinajstić information content (AvgIpc) is 2.84. The molecule has 1 heterocycles. The Morgan fingerprint density at radius 2 is 1.76 bits per heavy atom. The first-order valence-electron chi connectivity index (χ1n) is 6.96. The highest BCUT2D eigenvalue weighted by Gasteiger charge is 2.42. The number of hydrogen-bond donors (Lipinski definition) is 1. The number of aliphatic hydroxyl groups is 1. The summed E-state index contributed by atoms with van der Waals surface area (Å²) >= 11 is 0. The van der Waals surface area contributed by atoms with Crippen molar-refractivity contribution in [3.63, 3.8) is 0 Å². The van der Waals surface area contributed by atoms with Gasteiger partial charge in [-0.2, -0.15) is 0 Å². The van der Waals surface area contributed by atoms with E-state index in [2.05, 4.69) is 0 Å². The first-order chi connectivity index (χ1) is 9.66. The molecule has 5 heteroatoms. The van der Waals surface area contributed by atoms with E-state index in [1.165, 1.54) is 6.08 Å². The molecule has 0 radical (unpaired) electrons. The topological polar surface area (TPSA) is 63.6 Å². The molecule has 21 heavy (non-hydrogen) atoms. The molecule has 0 saturated carbocycles. The highest BCUT2D eigenvalue weighted by Crippen LogP contribution is 2.38. The second-order valence-electron chi connectivity index (χ2n) is 6.49. The first-order valence-corrected chi connectivity index (χ1v) is 8.44. The maximum atomic E-state index is 12.8. The van der Waals surface area contributed by atoms with E-state index >= 15 is 0 Å². The molecule has 4 nitrogen and oxygen atoms in total. The Balaban J connectivity index is 2.48. The van der Waals surface area contributed by atoms with Gasteiger partial charge in [-0.25, -0.2) is 8.42 Å². The van der Waals surface area contributed by atoms with Crippen LogP contribution in [-0.2, 0) is 14.6 Å². The van der Waals surface area contributed by atoms with Crippen molar-refractivity contribution in [2.75, 3.05) is 6.61 Å². The van der Waals surface area contributed by atoms with Gasteiger partial charge < -0.3 is 9.84 Å². The maximum absolute atomic E-state index is 12.8. The van der Waals surface area contributed by atoms with Crippen molar-refractivity contribution in [1.29, 1.82) is 0 Å². The summed E-state index contributed by atoms with van der Waals surface area (Å²) in [6, 6.07) is 6.77. The van der Waals surface area contributed by atoms with E-state index in [4.69, 9.17) is 4.74 Å². The van der Waals surface area contributed by atoms with Gasteiger partial charge in [0.05, 0.1) is 22.5 Å². The van der Waals surface area contributed by atoms with Crippen LogP contribution in [0.15, 0.2) is 40.1 Å². The summed E-state index contributed by atoms with van der Waals surface area (Å²) < 4.78 is 31.4. The van der Waals surface area contributed by atoms with Crippen LogP contribution < -0.4 is 0 Å². The molecule has 1 aliphatic heterocycles. The van der Waals surface area contributed by atoms with E-state index < -0.39 is 22.0 Å². The number of benzene rings is 1. The lowest BCUT2D eigenvalue weighted by Crippen LogP contribution is -2.32. The standard InChI is InChI=1S/C16H22O4S/c1-11-5-7-13(8-6-11)21(18,19)14-9-12(10-17)20-15(14)16(2,3)4/h5-9,12,15,17H,10H2,1-4H3/t12-,15-/m1/s1. The van der Waals surface area contributed by atoms with Crippen LogP contribution in [0.2, 0.25) is 0 Å². The molecule has 1 aliphatic rings. The van der Waals surface area contributed by atoms with Gasteiger partial charge in [-0.05, 0) is 30.5 Å². The van der Waals surface area contributed by atoms with Crippen molar-refractivity contribution in [3.8, 4) is 0 Å². The smallest absolute Gasteiger partial charge is 0.205 e. The maximum Gasteiger partial charge on any atom is 0.205 e. The summed E-state index contributed by atoms with van der Waals surface area (Å²) in [7, 11) is -3.61. The van der Waals surface area contributed by atoms with Crippen LogP contribution in [0.3, 0.4) is 0 Å². The van der Waals surface area contributed by atoms with Crippen molar-refractivity contribution in [2.24, 2.45) is 5.41 Å². The van der Waals surface area contributed by atoms with E-state index in [9.17, 15) is 13.5 Å². The zero-order chi connectivity index (χ0) is 15.8. The van der Waals surface area contributed by atoms with Crippen LogP contribution in [0.4, 0.5) is 0 Å². The minimum Gasteiger partial charge on any atom is -0.393 e. The number of rotatable bonds is 3. The lowest BCUT2D eigenvalue weighted by Gasteiger charge is -2.29. The fourth-order valence-electron chi connectivity index (χ4n) is 2.36. The van der Waals surface area contributed by atoms with E-state index in [0.29, 0.717) is 0 Å². The third-order valence-electron chi connectivity index (χ3n) is 3.53. The normalized spacial score (nSPS) is 23.2. The molecule has 1 N–H and O–H groups in total. The Morgan fingerprint density at radius 3 is 2.24 bits per heavy atom. The molecule has 1 aromatic carbocycles. The van der Waals surface area contributed by atoms with E-state index in [1.54, 1.807) is 24.3 Å². The Labute approximate surface area is 126 Å². The summed E-state index contributed by atoms with van der Waals surface area (Å²) in [6.45, 7) is 7.47. The van der Waals surface area contributed by atoms with Crippen molar-refractivity contribution < 1.29 is 18.3 Å². The summed E-state index contributed by atoms with van der Waals surface area (Å²) in [5, 5.41) is 9.28. The van der Waals surface area contributed by atoms with Gasteiger partial charge in [-0.3, -0.25) is 0 Å². The summed E-state index contributed by atoms with van der Waals surface area (Å²) in [4.78, 5) is 0.508. The quantitative estimate of drug-likeness (QED) is 0.931. The predicted octanol–water partition coefficient (Wildman–Crippen LogP) is 2.46. The first kappa shape index (κ1) is 16.2. The SMILES string of the molecule is Cc1ccc(S(=O)(=O)C2=C[C@H](CO)O[C@H]2C(C)(C)C)cc1. The Morgan fingerprint density at radius 1 is 1.19 bits per heavy atom. The number of hydrogen-bond acceptors (Lipinski definition) is 4. The fraction of sp³-hybridized carbons (Fsp3) is 0.500. The Hall–Kier alpha value is -1.17. The lowest BCUT2D eigenvalue weighted by molar-refractivity contribution is -0.0233. The van der Waals surface area contributed by atoms with Gasteiger partial charge >= 0.3 is 0 Å². The van der Waals surface area contributed by atoms with Crippen LogP contribution in [0.25, 0.3) is 0 Å². The molecule has 0 spiro atoms. The lowest BCUT2D eigenvalue weighted by atomic mass is 9.89. The molecule has 0 aromatic heterocycles. The molecular formula is C16H22O4S. The summed E-state index contributed by atoms with van der Waals surface area (Å²) in [5.74, 6) is 0. The Kier molecular flexibility index (Phi) is 4.29. The van der Waals surface area contributed by atoms with Gasteiger partial charge in [-0.1, -0.05) is 38.5 Å². The molecule has 0 fully saturated rings. The molecule has 1 aromatic rings. The van der Waals surface area contributed by atoms with Crippen molar-refractivity contribution in [2.45, 2.75) is 44.8 Å². The van der Waals surface area contributed by atoms with Crippen LogP contribution in [0.5, 0.6) is 0 Å². The fourth-order valence-corrected chi connectivity index (χ4v) is 4.15. The minimum atomic E-state index is -3.61. The average molecular weight is 310 g/mol. The third-order valence-corrected chi connectivity index (χ3v) is 5.39. The third kappa shape index (κ3) is 3.20. The van der Waals surface area contributed by atoms with Gasteiger partial charge in [0.1, 0.15) is 6.10 Å². The predicted molar refractivity (Wildman–Crippen MR) is 81.6 cm³/mol. The van der Waals surface area contributed by atoms with Gasteiger partial charge in [0, 0.05) is 0 Å². The molecule has 116 valence electrons. The Bertz CT molecular complexity index is 636. The molecule has 2 rings (SSSR count). The van der Waals surface area contributed by atoms with Crippen molar-refractivity contribution in [1.82, 2.24) is 0 Å². The van der Waals surface area contributed by atoms with E-state index in [0.717, 1.165) is 5.56 Å². The molecule has 0 bridgehead atoms. The number of aliphatic hydroxyl groups excluding tert-OH is 1. The number of sulfone groups is 1. The summed E-state index contributed by atoms with van der Waals surface area (Å²) in [5.41, 5.74) is 0.638. The highest BCUT2D eigenvalue weighted by atomic mass is 32.2. The van der Waals surface area contributed by atoms with Gasteiger partial charge in [0.25, 0.3) is 0 Å². The largest absolute Gasteiger partial charge is 0.393 e. The van der Waals surface area contributed by atoms with Crippen LogP contribution in [0, 0.1) is 12.3 Å². The number of ether oxygens (including phenoxy) is 1. The second-order valence-corrected chi connectivity index (χ2v) is 8.44. The zero-order valence-electron chi connectivity index (χ0n) is 12.8. The highest BCUT2D eigenvalue weighted by molar-refractivity contribution is 7.95. The van der Waals surface area contributed by atoms with Gasteiger partial charge in [0.2, 0.25) is 9.84 Å². The van der Waals surface area contributed by atoms with Crippen molar-refractivity contribution >= 4 is 9.84 Å². The number of aryl methyl sites for hydroxylation is 1. The monoisotopic (exact) mass is 310 g/mol. The molecule has 0 aliphatic carbocycles. The molecule has 0 saturated heterocycles. The molecule has 2 atom stereocenters. The zero-order valence-corrected chi connectivity index (χ0v) is 13.6. The van der Waals surface area contributed by atoms with E-state index in [1.807, 2.05) is 27.7 Å². The molecule has 0 unspecified atom stereocenters. The molecule has 0 amide bonds. The molecular weight excluding hydrogens is 288 g/mol. The second kappa shape index (κ2) is 5.55.